The van der Waals surface area contributed by atoms with E-state index in [1.54, 1.807) is 0 Å². The van der Waals surface area contributed by atoms with Crippen LogP contribution in [0.3, 0.4) is 0 Å². The van der Waals surface area contributed by atoms with Crippen LogP contribution in [-0.2, 0) is 28.6 Å². The summed E-state index contributed by atoms with van der Waals surface area (Å²) < 4.78 is 16.8. The van der Waals surface area contributed by atoms with Crippen molar-refractivity contribution in [3.05, 3.63) is 0 Å². The third kappa shape index (κ3) is 46.2. The summed E-state index contributed by atoms with van der Waals surface area (Å²) in [6.45, 7) is 13.8. The lowest BCUT2D eigenvalue weighted by Crippen LogP contribution is -2.30. The van der Waals surface area contributed by atoms with E-state index in [4.69, 9.17) is 14.2 Å². The highest BCUT2D eigenvalue weighted by Gasteiger charge is 2.19. The molecule has 2 unspecified atom stereocenters. The van der Waals surface area contributed by atoms with Crippen LogP contribution in [0.5, 0.6) is 0 Å². The van der Waals surface area contributed by atoms with E-state index in [2.05, 4.69) is 41.5 Å². The Balaban J connectivity index is 4.31. The molecule has 0 spiro atoms. The molecule has 0 N–H and O–H groups in total. The first-order chi connectivity index (χ1) is 29.7. The van der Waals surface area contributed by atoms with Gasteiger partial charge in [0.15, 0.2) is 6.10 Å². The number of carbonyl (C=O) groups excluding carboxylic acids is 3. The average Bonchev–Trinajstić information content (AvgIpc) is 3.24. The number of hydrogen-bond donors (Lipinski definition) is 0. The van der Waals surface area contributed by atoms with Crippen LogP contribution in [0.1, 0.15) is 298 Å². The van der Waals surface area contributed by atoms with Crippen LogP contribution in [0.2, 0.25) is 0 Å². The van der Waals surface area contributed by atoms with E-state index >= 15 is 0 Å². The van der Waals surface area contributed by atoms with Crippen LogP contribution < -0.4 is 0 Å². The Bertz CT molecular complexity index is 949. The summed E-state index contributed by atoms with van der Waals surface area (Å²) in [6.07, 6.45) is 46.5. The second kappa shape index (κ2) is 46.4. The Morgan fingerprint density at radius 1 is 0.328 bits per heavy atom. The lowest BCUT2D eigenvalue weighted by molar-refractivity contribution is -0.167. The van der Waals surface area contributed by atoms with Gasteiger partial charge in [-0.05, 0) is 37.0 Å². The highest BCUT2D eigenvalue weighted by atomic mass is 16.6. The number of hydrogen-bond acceptors (Lipinski definition) is 6. The van der Waals surface area contributed by atoms with Crippen LogP contribution in [-0.4, -0.2) is 37.2 Å². The monoisotopic (exact) mass is 863 g/mol. The molecule has 0 aliphatic heterocycles. The van der Waals surface area contributed by atoms with Gasteiger partial charge in [0.05, 0.1) is 0 Å². The van der Waals surface area contributed by atoms with Gasteiger partial charge in [-0.1, -0.05) is 260 Å². The Hall–Kier alpha value is -1.59. The van der Waals surface area contributed by atoms with Crippen molar-refractivity contribution in [2.45, 2.75) is 304 Å². The van der Waals surface area contributed by atoms with Crippen molar-refractivity contribution in [3.8, 4) is 0 Å². The third-order valence-electron chi connectivity index (χ3n) is 13.1. The third-order valence-corrected chi connectivity index (χ3v) is 13.1. The van der Waals surface area contributed by atoms with Crippen molar-refractivity contribution in [1.82, 2.24) is 0 Å². The summed E-state index contributed by atoms with van der Waals surface area (Å²) in [5.74, 6) is 1.71. The van der Waals surface area contributed by atoms with Gasteiger partial charge in [0.1, 0.15) is 13.2 Å². The van der Waals surface area contributed by atoms with Gasteiger partial charge in [0, 0.05) is 19.3 Å². The maximum Gasteiger partial charge on any atom is 0.306 e. The lowest BCUT2D eigenvalue weighted by Gasteiger charge is -2.18. The minimum Gasteiger partial charge on any atom is -0.462 e. The van der Waals surface area contributed by atoms with Gasteiger partial charge in [-0.3, -0.25) is 14.4 Å². The van der Waals surface area contributed by atoms with E-state index in [-0.39, 0.29) is 31.1 Å². The molecule has 362 valence electrons. The normalized spacial score (nSPS) is 13.0. The summed E-state index contributed by atoms with van der Waals surface area (Å²) in [6, 6.07) is 0. The quantitative estimate of drug-likeness (QED) is 0.0344. The molecule has 0 fully saturated rings. The molecule has 0 aromatic rings. The number of unbranched alkanes of at least 4 members (excludes halogenated alkanes) is 29. The summed E-state index contributed by atoms with van der Waals surface area (Å²) in [4.78, 5) is 38.0. The number of esters is 3. The molecule has 0 saturated heterocycles. The van der Waals surface area contributed by atoms with Crippen molar-refractivity contribution in [3.63, 3.8) is 0 Å². The minimum atomic E-state index is -0.763. The Kier molecular flexibility index (Phi) is 45.2. The molecule has 6 heteroatoms. The predicted octanol–water partition coefficient (Wildman–Crippen LogP) is 17.6. The molecule has 0 bridgehead atoms. The zero-order valence-electron chi connectivity index (χ0n) is 42.0. The maximum atomic E-state index is 12.8. The first-order valence-corrected chi connectivity index (χ1v) is 27.2. The molecule has 0 saturated carbocycles. The van der Waals surface area contributed by atoms with Crippen LogP contribution in [0, 0.1) is 17.8 Å². The van der Waals surface area contributed by atoms with E-state index in [0.717, 1.165) is 75.5 Å². The van der Waals surface area contributed by atoms with Crippen LogP contribution in [0.15, 0.2) is 0 Å². The largest absolute Gasteiger partial charge is 0.462 e. The van der Waals surface area contributed by atoms with Crippen LogP contribution in [0.4, 0.5) is 0 Å². The number of carbonyl (C=O) groups is 3. The van der Waals surface area contributed by atoms with Gasteiger partial charge >= 0.3 is 17.9 Å². The van der Waals surface area contributed by atoms with Gasteiger partial charge in [0.25, 0.3) is 0 Å². The molecule has 0 rings (SSSR count). The first-order valence-electron chi connectivity index (χ1n) is 27.2. The van der Waals surface area contributed by atoms with Gasteiger partial charge < -0.3 is 14.2 Å². The summed E-state index contributed by atoms with van der Waals surface area (Å²) >= 11 is 0. The van der Waals surface area contributed by atoms with E-state index in [0.29, 0.717) is 19.3 Å². The molecule has 3 atom stereocenters. The molecule has 0 heterocycles. The van der Waals surface area contributed by atoms with Gasteiger partial charge in [0.2, 0.25) is 0 Å². The van der Waals surface area contributed by atoms with Gasteiger partial charge in [-0.15, -0.1) is 0 Å². The molecule has 0 aliphatic carbocycles. The zero-order valence-corrected chi connectivity index (χ0v) is 42.0. The predicted molar refractivity (Wildman–Crippen MR) is 261 cm³/mol. The SMILES string of the molecule is CCC(C)CCCCCCCCCCCCC(=O)O[C@H](COC(=O)CCCCCCCCCCCCCCCCC(C)C)COC(=O)CCCCCCCCCCC(C)CC. The highest BCUT2D eigenvalue weighted by molar-refractivity contribution is 5.71. The van der Waals surface area contributed by atoms with Crippen LogP contribution in [0.25, 0.3) is 0 Å². The topological polar surface area (TPSA) is 78.9 Å². The number of rotatable bonds is 48. The summed E-state index contributed by atoms with van der Waals surface area (Å²) in [7, 11) is 0. The van der Waals surface area contributed by atoms with E-state index < -0.39 is 6.10 Å². The van der Waals surface area contributed by atoms with Crippen LogP contribution >= 0.6 is 0 Å². The fraction of sp³-hybridized carbons (Fsp3) is 0.945. The molecular weight excluding hydrogens is 757 g/mol. The molecule has 61 heavy (non-hydrogen) atoms. The zero-order chi connectivity index (χ0) is 44.9. The molecule has 0 amide bonds. The van der Waals surface area contributed by atoms with Crippen molar-refractivity contribution in [1.29, 1.82) is 0 Å². The second-order valence-corrected chi connectivity index (χ2v) is 19.8. The van der Waals surface area contributed by atoms with E-state index in [9.17, 15) is 14.4 Å². The Labute approximate surface area is 380 Å². The number of ether oxygens (including phenoxy) is 3. The van der Waals surface area contributed by atoms with Crippen molar-refractivity contribution < 1.29 is 28.6 Å². The van der Waals surface area contributed by atoms with E-state index in [1.807, 2.05) is 0 Å². The smallest absolute Gasteiger partial charge is 0.306 e. The first kappa shape index (κ1) is 59.4. The highest BCUT2D eigenvalue weighted by Crippen LogP contribution is 2.19. The van der Waals surface area contributed by atoms with Crippen molar-refractivity contribution in [2.24, 2.45) is 17.8 Å². The molecule has 0 aromatic carbocycles. The second-order valence-electron chi connectivity index (χ2n) is 19.8. The van der Waals surface area contributed by atoms with Gasteiger partial charge in [-0.2, -0.15) is 0 Å². The maximum absolute atomic E-state index is 12.8. The minimum absolute atomic E-state index is 0.0645. The lowest BCUT2D eigenvalue weighted by atomic mass is 9.99. The molecule has 0 radical (unpaired) electrons. The standard InChI is InChI=1S/C55H106O6/c1-7-50(5)42-36-30-24-18-15-16-20-28-34-40-46-55(58)61-52(48-60-54(57)45-39-33-27-22-21-25-31-37-43-51(6)8-2)47-59-53(56)44-38-32-26-19-14-12-10-9-11-13-17-23-29-35-41-49(3)4/h49-52H,7-48H2,1-6H3/t50?,51?,52-/m1/s1. The Morgan fingerprint density at radius 2 is 0.574 bits per heavy atom. The fourth-order valence-electron chi connectivity index (χ4n) is 8.23. The molecule has 6 nitrogen and oxygen atoms in total. The average molecular weight is 863 g/mol. The van der Waals surface area contributed by atoms with E-state index in [1.165, 1.54) is 180 Å². The molecule has 0 aliphatic rings. The van der Waals surface area contributed by atoms with Gasteiger partial charge in [-0.25, -0.2) is 0 Å². The van der Waals surface area contributed by atoms with Crippen molar-refractivity contribution in [2.75, 3.05) is 13.2 Å². The Morgan fingerprint density at radius 3 is 0.852 bits per heavy atom. The summed E-state index contributed by atoms with van der Waals surface area (Å²) in [5.41, 5.74) is 0. The fourth-order valence-corrected chi connectivity index (χ4v) is 8.23. The van der Waals surface area contributed by atoms with Crippen molar-refractivity contribution >= 4 is 17.9 Å². The summed E-state index contributed by atoms with van der Waals surface area (Å²) in [5, 5.41) is 0. The molecular formula is C55H106O6. The molecule has 0 aromatic heterocycles.